The minimum atomic E-state index is -2.94. The summed E-state index contributed by atoms with van der Waals surface area (Å²) in [6.07, 6.45) is 8.09. The number of fused-ring (bicyclic) bond motifs is 5. The molecule has 4 aromatic rings. The molecule has 3 aliphatic rings. The number of aromatic nitrogens is 4. The zero-order valence-electron chi connectivity index (χ0n) is 20.8. The van der Waals surface area contributed by atoms with Crippen molar-refractivity contribution in [3.05, 3.63) is 71.9 Å². The maximum Gasteiger partial charge on any atom is 0.387 e. The van der Waals surface area contributed by atoms with Crippen LogP contribution in [-0.4, -0.2) is 56.4 Å². The van der Waals surface area contributed by atoms with Crippen molar-refractivity contribution < 1.29 is 23.4 Å². The van der Waals surface area contributed by atoms with Crippen LogP contribution in [0.3, 0.4) is 0 Å². The lowest BCUT2D eigenvalue weighted by Gasteiger charge is -2.34. The fraction of sp³-hybridized carbons (Fsp3) is 0.393. The number of hydrogen-bond acceptors (Lipinski definition) is 7. The Balaban J connectivity index is 1.28. The van der Waals surface area contributed by atoms with Gasteiger partial charge >= 0.3 is 6.61 Å². The monoisotopic (exact) mass is 519 g/mol. The van der Waals surface area contributed by atoms with Gasteiger partial charge in [0.05, 0.1) is 36.7 Å². The highest BCUT2D eigenvalue weighted by molar-refractivity contribution is 5.65. The lowest BCUT2D eigenvalue weighted by atomic mass is 9.93. The first kappa shape index (κ1) is 23.5. The Hall–Kier alpha value is -3.63. The van der Waals surface area contributed by atoms with Gasteiger partial charge in [-0.25, -0.2) is 15.0 Å². The van der Waals surface area contributed by atoms with E-state index in [0.29, 0.717) is 48.6 Å². The van der Waals surface area contributed by atoms with Gasteiger partial charge < -0.3 is 23.9 Å². The first-order chi connectivity index (χ1) is 18.4. The average molecular weight is 520 g/mol. The quantitative estimate of drug-likeness (QED) is 0.416. The third kappa shape index (κ3) is 3.73. The number of ether oxygens (including phenoxy) is 2. The van der Waals surface area contributed by atoms with E-state index in [1.807, 2.05) is 35.1 Å². The van der Waals surface area contributed by atoms with Crippen molar-refractivity contribution in [3.63, 3.8) is 0 Å². The van der Waals surface area contributed by atoms with Crippen LogP contribution in [0.25, 0.3) is 16.8 Å². The zero-order valence-corrected chi connectivity index (χ0v) is 20.8. The summed E-state index contributed by atoms with van der Waals surface area (Å²) < 4.78 is 38.8. The molecular formula is C28H27F2N5O3. The Morgan fingerprint density at radius 2 is 1.79 bits per heavy atom. The second-order valence-electron chi connectivity index (χ2n) is 10.5. The summed E-state index contributed by atoms with van der Waals surface area (Å²) in [6.45, 7) is 0.184. The van der Waals surface area contributed by atoms with Gasteiger partial charge in [-0.05, 0) is 44.4 Å². The Morgan fingerprint density at radius 1 is 1.05 bits per heavy atom. The molecule has 0 amide bonds. The fourth-order valence-electron chi connectivity index (χ4n) is 6.34. The second kappa shape index (κ2) is 8.71. The Morgan fingerprint density at radius 3 is 2.53 bits per heavy atom. The maximum atomic E-state index is 13.2. The number of imidazole rings is 1. The highest BCUT2D eigenvalue weighted by Crippen LogP contribution is 2.49. The van der Waals surface area contributed by atoms with Crippen molar-refractivity contribution >= 4 is 11.6 Å². The van der Waals surface area contributed by atoms with E-state index in [2.05, 4.69) is 4.90 Å². The van der Waals surface area contributed by atoms with Gasteiger partial charge in [0.1, 0.15) is 17.0 Å². The molecule has 0 unspecified atom stereocenters. The van der Waals surface area contributed by atoms with E-state index >= 15 is 0 Å². The van der Waals surface area contributed by atoms with Crippen molar-refractivity contribution in [2.24, 2.45) is 0 Å². The number of pyridine rings is 1. The molecule has 38 heavy (non-hydrogen) atoms. The van der Waals surface area contributed by atoms with Crippen LogP contribution in [-0.2, 0) is 10.3 Å². The van der Waals surface area contributed by atoms with Crippen LogP contribution in [0, 0.1) is 0 Å². The number of rotatable bonds is 5. The number of para-hydroxylation sites is 1. The number of halogens is 2. The first-order valence-corrected chi connectivity index (χ1v) is 12.9. The maximum absolute atomic E-state index is 13.2. The largest absolute Gasteiger partial charge is 0.435 e. The zero-order chi connectivity index (χ0) is 26.0. The summed E-state index contributed by atoms with van der Waals surface area (Å²) in [5.74, 6) is 0.444. The van der Waals surface area contributed by atoms with Gasteiger partial charge in [0.15, 0.2) is 0 Å². The molecular weight excluding hydrogens is 492 g/mol. The molecule has 4 atom stereocenters. The number of nitrogens with zero attached hydrogens (tertiary/aromatic N) is 5. The van der Waals surface area contributed by atoms with Crippen molar-refractivity contribution in [3.8, 4) is 16.9 Å². The number of benzene rings is 1. The molecule has 5 heterocycles. The number of anilines is 1. The number of hydrogen-bond donors (Lipinski definition) is 1. The van der Waals surface area contributed by atoms with E-state index in [9.17, 15) is 13.9 Å². The minimum Gasteiger partial charge on any atom is -0.435 e. The molecule has 2 saturated heterocycles. The molecule has 8 nitrogen and oxygen atoms in total. The van der Waals surface area contributed by atoms with Crippen LogP contribution in [0.2, 0.25) is 0 Å². The van der Waals surface area contributed by atoms with Crippen molar-refractivity contribution in [1.29, 1.82) is 0 Å². The van der Waals surface area contributed by atoms with Crippen molar-refractivity contribution in [2.45, 2.75) is 56.4 Å². The highest BCUT2D eigenvalue weighted by atomic mass is 19.3. The molecule has 0 radical (unpaired) electrons. The molecule has 1 aliphatic carbocycles. The molecule has 2 fully saturated rings. The predicted molar refractivity (Wildman–Crippen MR) is 135 cm³/mol. The summed E-state index contributed by atoms with van der Waals surface area (Å²) in [5.41, 5.74) is 3.08. The van der Waals surface area contributed by atoms with Crippen LogP contribution < -0.4 is 9.64 Å². The third-order valence-electron chi connectivity index (χ3n) is 8.05. The van der Waals surface area contributed by atoms with Gasteiger partial charge in [0.2, 0.25) is 5.95 Å². The van der Waals surface area contributed by atoms with Gasteiger partial charge in [-0.15, -0.1) is 0 Å². The molecule has 7 rings (SSSR count). The molecule has 0 saturated carbocycles. The number of morpholine rings is 1. The molecule has 10 heteroatoms. The van der Waals surface area contributed by atoms with E-state index in [1.165, 1.54) is 6.07 Å². The van der Waals surface area contributed by atoms with E-state index in [0.717, 1.165) is 35.6 Å². The molecule has 0 spiro atoms. The normalized spacial score (nSPS) is 26.3. The topological polar surface area (TPSA) is 85.0 Å². The molecule has 3 aromatic heterocycles. The Kier molecular flexibility index (Phi) is 5.38. The summed E-state index contributed by atoms with van der Waals surface area (Å²) in [5, 5.41) is 11.2. The third-order valence-corrected chi connectivity index (χ3v) is 8.05. The van der Waals surface area contributed by atoms with E-state index < -0.39 is 12.2 Å². The lowest BCUT2D eigenvalue weighted by molar-refractivity contribution is -0.0506. The van der Waals surface area contributed by atoms with E-state index in [1.54, 1.807) is 25.1 Å². The number of alkyl halides is 2. The van der Waals surface area contributed by atoms with Gasteiger partial charge in [-0.2, -0.15) is 8.78 Å². The smallest absolute Gasteiger partial charge is 0.387 e. The summed E-state index contributed by atoms with van der Waals surface area (Å²) >= 11 is 0. The molecule has 1 N–H and O–H groups in total. The molecule has 196 valence electrons. The molecule has 2 aliphatic heterocycles. The summed E-state index contributed by atoms with van der Waals surface area (Å²) in [7, 11) is 0. The van der Waals surface area contributed by atoms with Gasteiger partial charge in [-0.1, -0.05) is 18.2 Å². The first-order valence-electron chi connectivity index (χ1n) is 12.9. The SMILES string of the molecule is C[C@@]1(O)C[C@H](c2ccccc2OC(F)F)c2c1nc1ccc(-c3cnc(N4[C@@H]5CC[C@H]4COC5)nc3)cn21. The number of aliphatic hydroxyl groups is 1. The fourth-order valence-corrected chi connectivity index (χ4v) is 6.34. The van der Waals surface area contributed by atoms with Crippen LogP contribution in [0.15, 0.2) is 55.0 Å². The van der Waals surface area contributed by atoms with Gasteiger partial charge in [-0.3, -0.25) is 0 Å². The van der Waals surface area contributed by atoms with E-state index in [4.69, 9.17) is 24.4 Å². The van der Waals surface area contributed by atoms with Gasteiger partial charge in [0, 0.05) is 41.2 Å². The van der Waals surface area contributed by atoms with E-state index in [-0.39, 0.29) is 11.7 Å². The minimum absolute atomic E-state index is 0.100. The van der Waals surface area contributed by atoms with Crippen molar-refractivity contribution in [1.82, 2.24) is 19.4 Å². The average Bonchev–Trinajstić information content (AvgIpc) is 3.50. The van der Waals surface area contributed by atoms with Gasteiger partial charge in [0.25, 0.3) is 0 Å². The Labute approximate surface area is 217 Å². The van der Waals surface area contributed by atoms with Crippen LogP contribution in [0.5, 0.6) is 5.75 Å². The van der Waals surface area contributed by atoms with Crippen LogP contribution in [0.4, 0.5) is 14.7 Å². The lowest BCUT2D eigenvalue weighted by Crippen LogP contribution is -2.46. The summed E-state index contributed by atoms with van der Waals surface area (Å²) in [6, 6.07) is 11.2. The predicted octanol–water partition coefficient (Wildman–Crippen LogP) is 4.50. The standard InChI is InChI=1S/C28H27F2N5O3/c1-28(36)10-21(20-4-2-3-5-22(20)38-26(29)30)24-25(28)33-23-9-6-16(13-34(23)24)17-11-31-27(32-12-17)35-18-7-8-19(35)15-37-14-18/h2-6,9,11-13,18-19,21,26,36H,7-8,10,14-15H2,1H3/t18-,19+,21-,28-/m1/s1. The Bertz CT molecular complexity index is 1490. The second-order valence-corrected chi connectivity index (χ2v) is 10.5. The summed E-state index contributed by atoms with van der Waals surface area (Å²) in [4.78, 5) is 16.4. The van der Waals surface area contributed by atoms with Crippen LogP contribution in [0.1, 0.15) is 49.1 Å². The molecule has 2 bridgehead atoms. The highest BCUT2D eigenvalue weighted by Gasteiger charge is 2.45. The van der Waals surface area contributed by atoms with Crippen LogP contribution >= 0.6 is 0 Å². The van der Waals surface area contributed by atoms with Crippen molar-refractivity contribution in [2.75, 3.05) is 18.1 Å². The molecule has 1 aromatic carbocycles.